The van der Waals surface area contributed by atoms with Crippen molar-refractivity contribution in [3.8, 4) is 0 Å². The second kappa shape index (κ2) is 5.10. The van der Waals surface area contributed by atoms with Gasteiger partial charge in [-0.2, -0.15) is 0 Å². The minimum atomic E-state index is -0.567. The summed E-state index contributed by atoms with van der Waals surface area (Å²) in [6, 6.07) is 0. The molecule has 2 N–H and O–H groups in total. The number of hydrogen-bond acceptors (Lipinski definition) is 3. The monoisotopic (exact) mass is 235 g/mol. The average molecular weight is 235 g/mol. The van der Waals surface area contributed by atoms with Gasteiger partial charge in [0.05, 0.1) is 0 Å². The van der Waals surface area contributed by atoms with Crippen molar-refractivity contribution < 1.29 is 14.7 Å². The van der Waals surface area contributed by atoms with Crippen LogP contribution in [0, 0.1) is 27.7 Å². The van der Waals surface area contributed by atoms with E-state index in [1.807, 2.05) is 20.8 Å². The van der Waals surface area contributed by atoms with Gasteiger partial charge in [0.25, 0.3) is 0 Å². The number of hydrogen-bond donors (Lipinski definition) is 2. The molecule has 1 aromatic carbocycles. The summed E-state index contributed by atoms with van der Waals surface area (Å²) in [6.45, 7) is 6.90. The molecule has 92 valence electrons. The Morgan fingerprint density at radius 3 is 2.18 bits per heavy atom. The van der Waals surface area contributed by atoms with E-state index in [0.29, 0.717) is 11.3 Å². The van der Waals surface area contributed by atoms with Gasteiger partial charge in [-0.25, -0.2) is 0 Å². The molecule has 1 amide bonds. The van der Waals surface area contributed by atoms with Crippen molar-refractivity contribution >= 4 is 17.9 Å². The molecule has 0 aromatic heterocycles. The molecule has 0 fully saturated rings. The molecule has 4 nitrogen and oxygen atoms in total. The van der Waals surface area contributed by atoms with Crippen LogP contribution in [0.25, 0.3) is 0 Å². The van der Waals surface area contributed by atoms with Crippen LogP contribution in [-0.4, -0.2) is 23.9 Å². The maximum absolute atomic E-state index is 11.2. The van der Waals surface area contributed by atoms with Crippen molar-refractivity contribution in [3.05, 3.63) is 27.8 Å². The number of anilines is 1. The fourth-order valence-electron chi connectivity index (χ4n) is 1.91. The third-order valence-electron chi connectivity index (χ3n) is 3.21. The van der Waals surface area contributed by atoms with Crippen LogP contribution in [0.3, 0.4) is 0 Å². The van der Waals surface area contributed by atoms with E-state index in [1.54, 1.807) is 6.92 Å². The number of nitrogens with one attached hydrogen (secondary N) is 1. The van der Waals surface area contributed by atoms with Gasteiger partial charge in [0.15, 0.2) is 6.29 Å². The number of carbonyl (C=O) groups excluding carboxylic acids is 2. The lowest BCUT2D eigenvalue weighted by atomic mass is 9.92. The molecule has 17 heavy (non-hydrogen) atoms. The lowest BCUT2D eigenvalue weighted by molar-refractivity contribution is -0.118. The van der Waals surface area contributed by atoms with Gasteiger partial charge < -0.3 is 10.4 Å². The van der Waals surface area contributed by atoms with Crippen molar-refractivity contribution in [2.75, 3.05) is 11.9 Å². The first-order chi connectivity index (χ1) is 7.93. The van der Waals surface area contributed by atoms with Gasteiger partial charge in [0.2, 0.25) is 5.91 Å². The van der Waals surface area contributed by atoms with Crippen LogP contribution < -0.4 is 5.32 Å². The summed E-state index contributed by atoms with van der Waals surface area (Å²) < 4.78 is 0. The summed E-state index contributed by atoms with van der Waals surface area (Å²) >= 11 is 0. The Labute approximate surface area is 101 Å². The highest BCUT2D eigenvalue weighted by molar-refractivity contribution is 5.95. The van der Waals surface area contributed by atoms with E-state index in [9.17, 15) is 9.59 Å². The molecule has 0 aliphatic rings. The van der Waals surface area contributed by atoms with E-state index in [-0.39, 0.29) is 0 Å². The molecule has 0 saturated heterocycles. The molecule has 0 heterocycles. The fraction of sp³-hybridized carbons (Fsp3) is 0.385. The summed E-state index contributed by atoms with van der Waals surface area (Å²) in [5, 5.41) is 11.4. The van der Waals surface area contributed by atoms with E-state index in [1.165, 1.54) is 0 Å². The van der Waals surface area contributed by atoms with E-state index in [2.05, 4.69) is 5.32 Å². The van der Waals surface area contributed by atoms with Crippen molar-refractivity contribution in [3.63, 3.8) is 0 Å². The Morgan fingerprint density at radius 2 is 1.71 bits per heavy atom. The van der Waals surface area contributed by atoms with Gasteiger partial charge in [-0.3, -0.25) is 9.59 Å². The van der Waals surface area contributed by atoms with Crippen LogP contribution in [-0.2, 0) is 4.79 Å². The zero-order valence-electron chi connectivity index (χ0n) is 10.5. The minimum absolute atomic E-state index is 0.476. The van der Waals surface area contributed by atoms with Crippen LogP contribution >= 0.6 is 0 Å². The highest BCUT2D eigenvalue weighted by atomic mass is 16.3. The largest absolute Gasteiger partial charge is 0.387 e. The van der Waals surface area contributed by atoms with Crippen molar-refractivity contribution in [1.29, 1.82) is 0 Å². The zero-order valence-corrected chi connectivity index (χ0v) is 10.5. The summed E-state index contributed by atoms with van der Waals surface area (Å²) in [5.41, 5.74) is 4.79. The first-order valence-corrected chi connectivity index (χ1v) is 5.40. The number of amides is 1. The van der Waals surface area contributed by atoms with Gasteiger partial charge >= 0.3 is 0 Å². The van der Waals surface area contributed by atoms with E-state index < -0.39 is 12.5 Å². The van der Waals surface area contributed by atoms with Gasteiger partial charge in [0, 0.05) is 11.3 Å². The second-order valence-corrected chi connectivity index (χ2v) is 4.11. The molecule has 0 aliphatic carbocycles. The first-order valence-electron chi connectivity index (χ1n) is 5.40. The molecule has 0 aliphatic heterocycles. The molecule has 0 spiro atoms. The quantitative estimate of drug-likeness (QED) is 0.783. The Hall–Kier alpha value is -1.68. The average Bonchev–Trinajstić information content (AvgIpc) is 2.32. The SMILES string of the molecule is Cc1c(C)c(C=O)c(C)c(NC(=O)CO)c1C. The molecule has 0 saturated carbocycles. The number of aldehydes is 1. The number of aliphatic hydroxyl groups is 1. The van der Waals surface area contributed by atoms with Crippen LogP contribution in [0.4, 0.5) is 5.69 Å². The van der Waals surface area contributed by atoms with E-state index in [0.717, 1.165) is 28.5 Å². The molecule has 0 radical (unpaired) electrons. The predicted octanol–water partition coefficient (Wildman–Crippen LogP) is 1.66. The molecule has 0 bridgehead atoms. The molecule has 4 heteroatoms. The van der Waals surface area contributed by atoms with Crippen LogP contribution in [0.15, 0.2) is 0 Å². The molecular formula is C13H17NO3. The van der Waals surface area contributed by atoms with E-state index in [4.69, 9.17) is 5.11 Å². The molecule has 0 unspecified atom stereocenters. The maximum Gasteiger partial charge on any atom is 0.250 e. The third kappa shape index (κ3) is 2.36. The number of benzene rings is 1. The van der Waals surface area contributed by atoms with Crippen molar-refractivity contribution in [2.45, 2.75) is 27.7 Å². The normalized spacial score (nSPS) is 10.2. The maximum atomic E-state index is 11.2. The fourth-order valence-corrected chi connectivity index (χ4v) is 1.91. The van der Waals surface area contributed by atoms with Gasteiger partial charge in [-0.15, -0.1) is 0 Å². The standard InChI is InChI=1S/C13H17NO3/c1-7-8(2)11(5-15)10(4)13(9(7)3)14-12(17)6-16/h5,16H,6H2,1-4H3,(H,14,17). The zero-order chi connectivity index (χ0) is 13.2. The topological polar surface area (TPSA) is 66.4 Å². The van der Waals surface area contributed by atoms with Crippen LogP contribution in [0.2, 0.25) is 0 Å². The summed E-state index contributed by atoms with van der Waals surface area (Å²) in [7, 11) is 0. The smallest absolute Gasteiger partial charge is 0.250 e. The molecule has 1 aromatic rings. The summed E-state index contributed by atoms with van der Waals surface area (Å²) in [6.07, 6.45) is 0.797. The minimum Gasteiger partial charge on any atom is -0.387 e. The van der Waals surface area contributed by atoms with Crippen LogP contribution in [0.5, 0.6) is 0 Å². The van der Waals surface area contributed by atoms with E-state index >= 15 is 0 Å². The van der Waals surface area contributed by atoms with Crippen LogP contribution in [0.1, 0.15) is 32.6 Å². The number of rotatable bonds is 3. The lowest BCUT2D eigenvalue weighted by Crippen LogP contribution is -2.18. The van der Waals surface area contributed by atoms with Crippen molar-refractivity contribution in [2.24, 2.45) is 0 Å². The Morgan fingerprint density at radius 1 is 1.12 bits per heavy atom. The highest BCUT2D eigenvalue weighted by Crippen LogP contribution is 2.29. The Balaban J connectivity index is 3.44. The Bertz CT molecular complexity index is 478. The molecule has 1 rings (SSSR count). The van der Waals surface area contributed by atoms with Crippen molar-refractivity contribution in [1.82, 2.24) is 0 Å². The summed E-state index contributed by atoms with van der Waals surface area (Å²) in [5.74, 6) is -0.476. The predicted molar refractivity (Wildman–Crippen MR) is 66.5 cm³/mol. The third-order valence-corrected chi connectivity index (χ3v) is 3.21. The first kappa shape index (κ1) is 13.4. The summed E-state index contributed by atoms with van der Waals surface area (Å²) in [4.78, 5) is 22.3. The second-order valence-electron chi connectivity index (χ2n) is 4.11. The lowest BCUT2D eigenvalue weighted by Gasteiger charge is -2.18. The number of carbonyl (C=O) groups is 2. The Kier molecular flexibility index (Phi) is 4.02. The highest BCUT2D eigenvalue weighted by Gasteiger charge is 2.15. The van der Waals surface area contributed by atoms with Gasteiger partial charge in [-0.1, -0.05) is 0 Å². The molecule has 0 atom stereocenters. The molecular weight excluding hydrogens is 218 g/mol. The van der Waals surface area contributed by atoms with Gasteiger partial charge in [0.1, 0.15) is 6.61 Å². The number of aliphatic hydroxyl groups excluding tert-OH is 1. The van der Waals surface area contributed by atoms with Gasteiger partial charge in [-0.05, 0) is 49.9 Å².